The van der Waals surface area contributed by atoms with Crippen LogP contribution in [0.25, 0.3) is 10.4 Å². The van der Waals surface area contributed by atoms with E-state index in [-0.39, 0.29) is 49.8 Å². The number of hydrogen-bond donors (Lipinski definition) is 4. The van der Waals surface area contributed by atoms with Gasteiger partial charge in [-0.25, -0.2) is 4.98 Å². The zero-order chi connectivity index (χ0) is 45.5. The van der Waals surface area contributed by atoms with Crippen molar-refractivity contribution in [1.29, 1.82) is 0 Å². The number of benzene rings is 3. The molecule has 1 fully saturated rings. The molecule has 1 aromatic heterocycles. The van der Waals surface area contributed by atoms with E-state index in [2.05, 4.69) is 20.9 Å². The van der Waals surface area contributed by atoms with Crippen molar-refractivity contribution in [3.8, 4) is 27.7 Å². The molecule has 0 saturated carbocycles. The number of aliphatic hydroxyl groups excluding tert-OH is 1. The quantitative estimate of drug-likeness (QED) is 0.0601. The molecule has 0 bridgehead atoms. The second kappa shape index (κ2) is 23.3. The molecule has 63 heavy (non-hydrogen) atoms. The summed E-state index contributed by atoms with van der Waals surface area (Å²) >= 11 is 1.58. The Hall–Kier alpha value is -5.47. The first-order valence-electron chi connectivity index (χ1n) is 22.0. The molecule has 5 rings (SSSR count). The highest BCUT2D eigenvalue weighted by Gasteiger charge is 2.44. The van der Waals surface area contributed by atoms with Gasteiger partial charge in [0, 0.05) is 25.9 Å². The Bertz CT molecular complexity index is 2130. The summed E-state index contributed by atoms with van der Waals surface area (Å²) in [6.45, 7) is 9.91. The van der Waals surface area contributed by atoms with Gasteiger partial charge in [0.15, 0.2) is 18.1 Å². The van der Waals surface area contributed by atoms with Crippen LogP contribution in [0.5, 0.6) is 17.2 Å². The van der Waals surface area contributed by atoms with Crippen molar-refractivity contribution in [2.45, 2.75) is 117 Å². The zero-order valence-electron chi connectivity index (χ0n) is 37.8. The molecule has 2 heterocycles. The van der Waals surface area contributed by atoms with Crippen LogP contribution in [0.15, 0.2) is 72.2 Å². The van der Waals surface area contributed by atoms with Crippen molar-refractivity contribution in [3.05, 3.63) is 94.6 Å². The Balaban J connectivity index is 0.999. The molecule has 0 unspecified atom stereocenters. The highest BCUT2D eigenvalue weighted by Crippen LogP contribution is 2.31. The summed E-state index contributed by atoms with van der Waals surface area (Å²) in [5.41, 5.74) is 6.30. The van der Waals surface area contributed by atoms with E-state index in [0.29, 0.717) is 30.2 Å². The minimum Gasteiger partial charge on any atom is -0.493 e. The van der Waals surface area contributed by atoms with E-state index in [0.717, 1.165) is 71.3 Å². The monoisotopic (exact) mass is 883 g/mol. The molecule has 4 aromatic rings. The molecule has 3 aromatic carbocycles. The van der Waals surface area contributed by atoms with E-state index >= 15 is 0 Å². The summed E-state index contributed by atoms with van der Waals surface area (Å²) in [7, 11) is 3.25. The highest BCUT2D eigenvalue weighted by atomic mass is 32.1. The lowest BCUT2D eigenvalue weighted by Gasteiger charge is -2.35. The summed E-state index contributed by atoms with van der Waals surface area (Å²) in [4.78, 5) is 60.3. The van der Waals surface area contributed by atoms with Crippen LogP contribution in [0.2, 0.25) is 0 Å². The smallest absolute Gasteiger partial charge is 0.257 e. The van der Waals surface area contributed by atoms with Crippen LogP contribution in [-0.4, -0.2) is 90.7 Å². The van der Waals surface area contributed by atoms with Crippen molar-refractivity contribution in [2.24, 2.45) is 5.41 Å². The van der Waals surface area contributed by atoms with Gasteiger partial charge in [0.05, 0.1) is 42.4 Å². The number of thiazole rings is 1. The third-order valence-electron chi connectivity index (χ3n) is 11.4. The Morgan fingerprint density at radius 2 is 1.60 bits per heavy atom. The SMILES string of the molecule is COc1ccc(CCCc2ccccc2OCC(=O)NCCCCCCC(=O)N[C@H](C(=O)N2C[C@H](O)C[C@H]2C(=O)N[C@@H](C)c2ccc(-c3scnc3C)cc2)C(C)(C)C)cc1OC. The van der Waals surface area contributed by atoms with Gasteiger partial charge in [0.25, 0.3) is 5.91 Å². The second-order valence-electron chi connectivity index (χ2n) is 17.3. The van der Waals surface area contributed by atoms with E-state index in [1.807, 2.05) is 107 Å². The Labute approximate surface area is 376 Å². The van der Waals surface area contributed by atoms with E-state index in [1.165, 1.54) is 4.90 Å². The normalized spacial score (nSPS) is 15.9. The first-order chi connectivity index (χ1) is 30.2. The van der Waals surface area contributed by atoms with Gasteiger partial charge in [-0.1, -0.05) is 82.1 Å². The predicted molar refractivity (Wildman–Crippen MR) is 246 cm³/mol. The number of likely N-dealkylation sites (tertiary alicyclic amines) is 1. The number of methoxy groups -OCH3 is 2. The number of amides is 4. The third-order valence-corrected chi connectivity index (χ3v) is 12.4. The lowest BCUT2D eigenvalue weighted by atomic mass is 9.85. The summed E-state index contributed by atoms with van der Waals surface area (Å²) in [5.74, 6) is 0.922. The Morgan fingerprint density at radius 3 is 2.30 bits per heavy atom. The molecule has 1 aliphatic heterocycles. The van der Waals surface area contributed by atoms with Crippen molar-refractivity contribution in [1.82, 2.24) is 25.8 Å². The fraction of sp³-hybridized carbons (Fsp3) is 0.490. The predicted octanol–water partition coefficient (Wildman–Crippen LogP) is 7.13. The summed E-state index contributed by atoms with van der Waals surface area (Å²) in [6.07, 6.45) is 5.00. The molecule has 4 amide bonds. The molecule has 340 valence electrons. The van der Waals surface area contributed by atoms with Crippen LogP contribution in [0.4, 0.5) is 0 Å². The maximum atomic E-state index is 14.1. The molecule has 0 radical (unpaired) electrons. The number of para-hydroxylation sites is 1. The van der Waals surface area contributed by atoms with E-state index in [9.17, 15) is 24.3 Å². The number of rotatable bonds is 22. The van der Waals surface area contributed by atoms with Crippen LogP contribution in [0.1, 0.15) is 101 Å². The molecule has 0 spiro atoms. The first-order valence-corrected chi connectivity index (χ1v) is 22.8. The largest absolute Gasteiger partial charge is 0.493 e. The number of carbonyl (C=O) groups is 4. The Kier molecular flexibility index (Phi) is 17.9. The van der Waals surface area contributed by atoms with Gasteiger partial charge in [0.1, 0.15) is 17.8 Å². The molecule has 1 saturated heterocycles. The molecule has 1 aliphatic rings. The summed E-state index contributed by atoms with van der Waals surface area (Å²) < 4.78 is 16.7. The number of nitrogens with zero attached hydrogens (tertiary/aromatic N) is 2. The van der Waals surface area contributed by atoms with Gasteiger partial charge >= 0.3 is 0 Å². The Morgan fingerprint density at radius 1 is 0.873 bits per heavy atom. The number of ether oxygens (including phenoxy) is 3. The topological polar surface area (TPSA) is 168 Å². The van der Waals surface area contributed by atoms with Gasteiger partial charge in [-0.2, -0.15) is 0 Å². The molecule has 13 nitrogen and oxygen atoms in total. The van der Waals surface area contributed by atoms with Crippen molar-refractivity contribution in [3.63, 3.8) is 0 Å². The first kappa shape index (κ1) is 48.6. The fourth-order valence-corrected chi connectivity index (χ4v) is 8.62. The third kappa shape index (κ3) is 14.0. The van der Waals surface area contributed by atoms with Crippen LogP contribution in [0, 0.1) is 12.3 Å². The number of carbonyl (C=O) groups excluding carboxylic acids is 4. The number of β-amino-alcohol motifs (C(OH)–C–C–N with tert-alkyl or cyclic N) is 1. The van der Waals surface area contributed by atoms with Crippen molar-refractivity contribution in [2.75, 3.05) is 33.9 Å². The van der Waals surface area contributed by atoms with Crippen molar-refractivity contribution >= 4 is 35.0 Å². The number of aromatic nitrogens is 1. The van der Waals surface area contributed by atoms with E-state index in [1.54, 1.807) is 25.6 Å². The number of unbranched alkanes of at least 4 members (excludes halogenated alkanes) is 3. The number of aryl methyl sites for hydroxylation is 3. The minimum absolute atomic E-state index is 0.00920. The van der Waals surface area contributed by atoms with E-state index in [4.69, 9.17) is 14.2 Å². The maximum absolute atomic E-state index is 14.1. The van der Waals surface area contributed by atoms with Gasteiger partial charge < -0.3 is 40.2 Å². The number of nitrogens with one attached hydrogen (secondary N) is 3. The second-order valence-corrected chi connectivity index (χ2v) is 18.2. The maximum Gasteiger partial charge on any atom is 0.257 e. The lowest BCUT2D eigenvalue weighted by Crippen LogP contribution is -2.57. The standard InChI is InChI=1S/C49H65N5O8S/c1-32(35-21-23-37(24-22-35)45-33(2)51-31-63-45)52-47(58)39-28-38(55)29-54(39)48(59)46(49(3,4)5)53-43(56)19-10-8-9-13-26-50-44(57)30-62-40-18-12-11-16-36(40)17-14-15-34-20-25-41(60-6)42(27-34)61-7/h11-12,16,18,20-25,27,31-32,38-39,46,55H,8-10,13-15,17,19,26,28-30H2,1-7H3,(H,50,57)(H,52,58)(H,53,56)/t32-,38+,39-,46+/m0/s1. The van der Waals surface area contributed by atoms with E-state index < -0.39 is 29.5 Å². The van der Waals surface area contributed by atoms with Gasteiger partial charge in [0.2, 0.25) is 17.7 Å². The fourth-order valence-electron chi connectivity index (χ4n) is 7.81. The average molecular weight is 884 g/mol. The molecular weight excluding hydrogens is 819 g/mol. The van der Waals surface area contributed by atoms with Gasteiger partial charge in [-0.05, 0) is 91.8 Å². The average Bonchev–Trinajstić information content (AvgIpc) is 3.89. The van der Waals surface area contributed by atoms with Gasteiger partial charge in [-0.3, -0.25) is 19.2 Å². The molecule has 0 aliphatic carbocycles. The minimum atomic E-state index is -0.890. The van der Waals surface area contributed by atoms with Crippen LogP contribution < -0.4 is 30.2 Å². The zero-order valence-corrected chi connectivity index (χ0v) is 38.6. The van der Waals surface area contributed by atoms with Crippen LogP contribution in [-0.2, 0) is 32.0 Å². The molecule has 4 atom stereocenters. The molecular formula is C49H65N5O8S. The number of aliphatic hydroxyl groups is 1. The lowest BCUT2D eigenvalue weighted by molar-refractivity contribution is -0.144. The van der Waals surface area contributed by atoms with Gasteiger partial charge in [-0.15, -0.1) is 11.3 Å². The van der Waals surface area contributed by atoms with Crippen molar-refractivity contribution < 1.29 is 38.5 Å². The summed E-state index contributed by atoms with van der Waals surface area (Å²) in [5, 5.41) is 19.5. The molecule has 4 N–H and O–H groups in total. The molecule has 14 heteroatoms. The summed E-state index contributed by atoms with van der Waals surface area (Å²) in [6, 6.07) is 19.6. The highest BCUT2D eigenvalue weighted by molar-refractivity contribution is 7.13. The number of hydrogen-bond acceptors (Lipinski definition) is 10. The van der Waals surface area contributed by atoms with Crippen LogP contribution >= 0.6 is 11.3 Å². The van der Waals surface area contributed by atoms with Crippen LogP contribution in [0.3, 0.4) is 0 Å².